The summed E-state index contributed by atoms with van der Waals surface area (Å²) in [4.78, 5) is 27.4. The van der Waals surface area contributed by atoms with Crippen LogP contribution in [-0.2, 0) is 16.1 Å². The van der Waals surface area contributed by atoms with Crippen LogP contribution in [0.5, 0.6) is 11.5 Å². The molecule has 2 aromatic rings. The summed E-state index contributed by atoms with van der Waals surface area (Å²) in [7, 11) is 1.52. The number of amides is 2. The fourth-order valence-electron chi connectivity index (χ4n) is 3.92. The number of nitrogens with zero attached hydrogens (tertiary/aromatic N) is 1. The Morgan fingerprint density at radius 1 is 1.06 bits per heavy atom. The van der Waals surface area contributed by atoms with Crippen LogP contribution in [-0.4, -0.2) is 42.5 Å². The minimum atomic E-state index is -0.773. The highest BCUT2D eigenvalue weighted by atomic mass is 19.1. The second kappa shape index (κ2) is 11.5. The maximum Gasteiger partial charge on any atom is 0.261 e. The van der Waals surface area contributed by atoms with Crippen molar-refractivity contribution in [1.29, 1.82) is 0 Å². The molecule has 0 saturated heterocycles. The van der Waals surface area contributed by atoms with Gasteiger partial charge in [0.25, 0.3) is 5.91 Å². The maximum atomic E-state index is 14.3. The zero-order chi connectivity index (χ0) is 22.9. The molecule has 6 nitrogen and oxygen atoms in total. The van der Waals surface area contributed by atoms with Crippen molar-refractivity contribution >= 4 is 11.8 Å². The molecular formula is C25H31FN2O4. The maximum absolute atomic E-state index is 14.3. The molecule has 3 rings (SSSR count). The van der Waals surface area contributed by atoms with E-state index in [1.807, 2.05) is 0 Å². The van der Waals surface area contributed by atoms with E-state index in [1.54, 1.807) is 49.4 Å². The second-order valence-corrected chi connectivity index (χ2v) is 8.07. The van der Waals surface area contributed by atoms with Crippen molar-refractivity contribution in [2.24, 2.45) is 0 Å². The number of para-hydroxylation sites is 2. The van der Waals surface area contributed by atoms with Gasteiger partial charge in [0.1, 0.15) is 11.9 Å². The lowest BCUT2D eigenvalue weighted by Gasteiger charge is -2.31. The molecule has 0 spiro atoms. The van der Waals surface area contributed by atoms with Gasteiger partial charge in [-0.05, 0) is 38.0 Å². The smallest absolute Gasteiger partial charge is 0.261 e. The van der Waals surface area contributed by atoms with Gasteiger partial charge in [-0.3, -0.25) is 9.59 Å². The van der Waals surface area contributed by atoms with Crippen LogP contribution in [0.15, 0.2) is 48.5 Å². The fourth-order valence-corrected chi connectivity index (χ4v) is 3.92. The number of benzene rings is 2. The number of methoxy groups -OCH3 is 1. The lowest BCUT2D eigenvalue weighted by Crippen LogP contribution is -2.51. The predicted octanol–water partition coefficient (Wildman–Crippen LogP) is 4.08. The van der Waals surface area contributed by atoms with Crippen LogP contribution in [0.2, 0.25) is 0 Å². The van der Waals surface area contributed by atoms with E-state index in [0.29, 0.717) is 17.1 Å². The molecule has 0 radical (unpaired) electrons. The molecule has 1 atom stereocenters. The first-order valence-electron chi connectivity index (χ1n) is 11.1. The highest BCUT2D eigenvalue weighted by Crippen LogP contribution is 2.26. The van der Waals surface area contributed by atoms with Crippen LogP contribution in [0.1, 0.15) is 44.6 Å². The standard InChI is InChI=1S/C25H31FN2O4/c1-18(25(30)27-20-11-4-3-5-12-20)28(16-19-10-6-7-13-21(19)26)24(29)17-32-23-15-9-8-14-22(23)31-2/h6-10,13-15,18,20H,3-5,11-12,16-17H2,1-2H3,(H,27,30)/t18-/m1/s1. The average molecular weight is 443 g/mol. The van der Waals surface area contributed by atoms with Crippen molar-refractivity contribution in [3.8, 4) is 11.5 Å². The Hall–Kier alpha value is -3.09. The molecule has 1 saturated carbocycles. The molecule has 0 unspecified atom stereocenters. The van der Waals surface area contributed by atoms with Crippen molar-refractivity contribution in [3.63, 3.8) is 0 Å². The van der Waals surface area contributed by atoms with Crippen molar-refractivity contribution in [2.45, 2.75) is 57.7 Å². The van der Waals surface area contributed by atoms with Crippen LogP contribution in [0.4, 0.5) is 4.39 Å². The van der Waals surface area contributed by atoms with Crippen LogP contribution in [0.25, 0.3) is 0 Å². The predicted molar refractivity (Wildman–Crippen MR) is 120 cm³/mol. The van der Waals surface area contributed by atoms with Gasteiger partial charge < -0.3 is 19.7 Å². The summed E-state index contributed by atoms with van der Waals surface area (Å²) in [5.41, 5.74) is 0.343. The summed E-state index contributed by atoms with van der Waals surface area (Å²) in [5, 5.41) is 3.06. The van der Waals surface area contributed by atoms with E-state index < -0.39 is 17.8 Å². The molecule has 0 aromatic heterocycles. The van der Waals surface area contributed by atoms with Gasteiger partial charge >= 0.3 is 0 Å². The molecule has 0 aliphatic heterocycles. The summed E-state index contributed by atoms with van der Waals surface area (Å²) in [6, 6.07) is 12.6. The third-order valence-corrected chi connectivity index (χ3v) is 5.84. The van der Waals surface area contributed by atoms with Gasteiger partial charge in [0.05, 0.1) is 7.11 Å². The Labute approximate surface area is 188 Å². The van der Waals surface area contributed by atoms with Gasteiger partial charge in [-0.2, -0.15) is 0 Å². The van der Waals surface area contributed by atoms with Gasteiger partial charge in [0.15, 0.2) is 18.1 Å². The number of carbonyl (C=O) groups excluding carboxylic acids is 2. The van der Waals surface area contributed by atoms with Crippen LogP contribution in [0, 0.1) is 5.82 Å². The van der Waals surface area contributed by atoms with Gasteiger partial charge in [-0.1, -0.05) is 49.6 Å². The van der Waals surface area contributed by atoms with Gasteiger partial charge in [0, 0.05) is 18.2 Å². The molecule has 0 bridgehead atoms. The van der Waals surface area contributed by atoms with E-state index >= 15 is 0 Å². The van der Waals surface area contributed by atoms with Gasteiger partial charge in [0.2, 0.25) is 5.91 Å². The molecular weight excluding hydrogens is 411 g/mol. The Morgan fingerprint density at radius 2 is 1.72 bits per heavy atom. The van der Waals surface area contributed by atoms with Crippen molar-refractivity contribution < 1.29 is 23.5 Å². The SMILES string of the molecule is COc1ccccc1OCC(=O)N(Cc1ccccc1F)[C@H](C)C(=O)NC1CCCCC1. The Balaban J connectivity index is 1.73. The molecule has 172 valence electrons. The van der Waals surface area contributed by atoms with Crippen LogP contribution in [0.3, 0.4) is 0 Å². The Bertz CT molecular complexity index is 914. The lowest BCUT2D eigenvalue weighted by molar-refractivity contribution is -0.142. The highest BCUT2D eigenvalue weighted by molar-refractivity contribution is 5.88. The van der Waals surface area contributed by atoms with Crippen LogP contribution >= 0.6 is 0 Å². The lowest BCUT2D eigenvalue weighted by atomic mass is 9.95. The van der Waals surface area contributed by atoms with Gasteiger partial charge in [-0.15, -0.1) is 0 Å². The van der Waals surface area contributed by atoms with E-state index in [4.69, 9.17) is 9.47 Å². The molecule has 7 heteroatoms. The van der Waals surface area contributed by atoms with Gasteiger partial charge in [-0.25, -0.2) is 4.39 Å². The molecule has 2 aromatic carbocycles. The molecule has 32 heavy (non-hydrogen) atoms. The molecule has 1 fully saturated rings. The van der Waals surface area contributed by atoms with Crippen molar-refractivity contribution in [2.75, 3.05) is 13.7 Å². The summed E-state index contributed by atoms with van der Waals surface area (Å²) < 4.78 is 25.2. The summed E-state index contributed by atoms with van der Waals surface area (Å²) in [5.74, 6) is -0.141. The number of halogens is 1. The first-order valence-corrected chi connectivity index (χ1v) is 11.1. The number of hydrogen-bond donors (Lipinski definition) is 1. The molecule has 1 N–H and O–H groups in total. The molecule has 2 amide bonds. The van der Waals surface area contributed by atoms with E-state index in [-0.39, 0.29) is 25.1 Å². The first-order chi connectivity index (χ1) is 15.5. The summed E-state index contributed by atoms with van der Waals surface area (Å²) in [6.45, 7) is 1.34. The largest absolute Gasteiger partial charge is 0.493 e. The Kier molecular flexibility index (Phi) is 8.48. The average Bonchev–Trinajstić information content (AvgIpc) is 2.82. The summed E-state index contributed by atoms with van der Waals surface area (Å²) >= 11 is 0. The topological polar surface area (TPSA) is 67.9 Å². The molecule has 1 aliphatic carbocycles. The number of rotatable bonds is 9. The fraction of sp³-hybridized carbons (Fsp3) is 0.440. The van der Waals surface area contributed by atoms with E-state index in [0.717, 1.165) is 25.7 Å². The minimum absolute atomic E-state index is 0.0277. The number of hydrogen-bond acceptors (Lipinski definition) is 4. The number of nitrogens with one attached hydrogen (secondary N) is 1. The first kappa shape index (κ1) is 23.6. The monoisotopic (exact) mass is 442 g/mol. The highest BCUT2D eigenvalue weighted by Gasteiger charge is 2.29. The third kappa shape index (κ3) is 6.22. The minimum Gasteiger partial charge on any atom is -0.493 e. The molecule has 1 aliphatic rings. The summed E-state index contributed by atoms with van der Waals surface area (Å²) in [6.07, 6.45) is 5.24. The van der Waals surface area contributed by atoms with E-state index in [9.17, 15) is 14.0 Å². The zero-order valence-corrected chi connectivity index (χ0v) is 18.7. The quantitative estimate of drug-likeness (QED) is 0.636. The van der Waals surface area contributed by atoms with E-state index in [2.05, 4.69) is 5.32 Å². The van der Waals surface area contributed by atoms with Crippen molar-refractivity contribution in [3.05, 3.63) is 59.9 Å². The molecule has 0 heterocycles. The number of ether oxygens (including phenoxy) is 2. The van der Waals surface area contributed by atoms with Crippen LogP contribution < -0.4 is 14.8 Å². The zero-order valence-electron chi connectivity index (χ0n) is 18.7. The third-order valence-electron chi connectivity index (χ3n) is 5.84. The normalized spacial score (nSPS) is 15.0. The number of carbonyl (C=O) groups is 2. The second-order valence-electron chi connectivity index (χ2n) is 8.07. The van der Waals surface area contributed by atoms with Crippen molar-refractivity contribution in [1.82, 2.24) is 10.2 Å². The Morgan fingerprint density at radius 3 is 2.41 bits per heavy atom. The van der Waals surface area contributed by atoms with E-state index in [1.165, 1.54) is 24.5 Å².